The minimum absolute atomic E-state index is 0.0285. The molecule has 0 fully saturated rings. The summed E-state index contributed by atoms with van der Waals surface area (Å²) in [5.74, 6) is 1.07. The van der Waals surface area contributed by atoms with E-state index in [1.807, 2.05) is 72.8 Å². The van der Waals surface area contributed by atoms with Crippen LogP contribution in [0, 0.1) is 0 Å². The van der Waals surface area contributed by atoms with Gasteiger partial charge in [-0.25, -0.2) is 0 Å². The highest BCUT2D eigenvalue weighted by Crippen LogP contribution is 2.43. The maximum Gasteiger partial charge on any atom is 0.232 e. The summed E-state index contributed by atoms with van der Waals surface area (Å²) in [5.41, 5.74) is 3.95. The number of benzene rings is 3. The van der Waals surface area contributed by atoms with Gasteiger partial charge in [-0.2, -0.15) is 0 Å². The van der Waals surface area contributed by atoms with Crippen LogP contribution < -0.4 is 10.1 Å². The first-order chi connectivity index (χ1) is 13.3. The summed E-state index contributed by atoms with van der Waals surface area (Å²) in [5, 5.41) is 3.08. The number of ether oxygens (including phenoxy) is 2. The molecule has 27 heavy (non-hydrogen) atoms. The highest BCUT2D eigenvalue weighted by atomic mass is 16.5. The Balaban J connectivity index is 1.55. The molecular formula is C23H21NO3. The van der Waals surface area contributed by atoms with E-state index in [1.165, 1.54) is 0 Å². The summed E-state index contributed by atoms with van der Waals surface area (Å²) < 4.78 is 11.1. The van der Waals surface area contributed by atoms with Crippen LogP contribution in [0.1, 0.15) is 28.2 Å². The monoisotopic (exact) mass is 359 g/mol. The maximum atomic E-state index is 13.1. The number of amides is 1. The third-order valence-corrected chi connectivity index (χ3v) is 4.74. The van der Waals surface area contributed by atoms with Crippen molar-refractivity contribution in [2.45, 2.75) is 19.1 Å². The minimum Gasteiger partial charge on any atom is -0.457 e. The van der Waals surface area contributed by atoms with Gasteiger partial charge in [-0.3, -0.25) is 4.79 Å². The molecule has 3 aromatic rings. The second kappa shape index (κ2) is 7.64. The molecular weight excluding hydrogens is 338 g/mol. The fourth-order valence-corrected chi connectivity index (χ4v) is 3.40. The van der Waals surface area contributed by atoms with Gasteiger partial charge in [-0.05, 0) is 23.3 Å². The maximum absolute atomic E-state index is 13.1. The topological polar surface area (TPSA) is 47.6 Å². The molecule has 1 heterocycles. The highest BCUT2D eigenvalue weighted by molar-refractivity contribution is 5.89. The van der Waals surface area contributed by atoms with Crippen molar-refractivity contribution in [3.05, 3.63) is 95.1 Å². The molecule has 0 bridgehead atoms. The molecule has 0 aliphatic carbocycles. The number of rotatable bonds is 5. The van der Waals surface area contributed by atoms with Crippen LogP contribution in [0.5, 0.6) is 11.5 Å². The van der Waals surface area contributed by atoms with Crippen LogP contribution in [0.15, 0.2) is 72.8 Å². The second-order valence-corrected chi connectivity index (χ2v) is 6.58. The SMILES string of the molecule is COCc1ccc(CNC(=O)C2c3ccccc3Oc3ccccc32)cc1. The van der Waals surface area contributed by atoms with E-state index in [0.717, 1.165) is 33.8 Å². The molecule has 136 valence electrons. The first-order valence-electron chi connectivity index (χ1n) is 8.96. The molecule has 0 saturated heterocycles. The van der Waals surface area contributed by atoms with Gasteiger partial charge in [0.15, 0.2) is 0 Å². The van der Waals surface area contributed by atoms with Gasteiger partial charge in [0.1, 0.15) is 11.5 Å². The van der Waals surface area contributed by atoms with Crippen LogP contribution in [-0.2, 0) is 22.7 Å². The van der Waals surface area contributed by atoms with Crippen LogP contribution in [0.2, 0.25) is 0 Å². The fourth-order valence-electron chi connectivity index (χ4n) is 3.40. The molecule has 0 atom stereocenters. The lowest BCUT2D eigenvalue weighted by molar-refractivity contribution is -0.122. The molecule has 0 aromatic heterocycles. The Morgan fingerprint density at radius 3 is 2.04 bits per heavy atom. The first kappa shape index (κ1) is 17.3. The number of carbonyl (C=O) groups is 1. The summed E-state index contributed by atoms with van der Waals surface area (Å²) >= 11 is 0. The lowest BCUT2D eigenvalue weighted by Crippen LogP contribution is -2.31. The Bertz CT molecular complexity index is 904. The van der Waals surface area contributed by atoms with Crippen LogP contribution in [0.4, 0.5) is 0 Å². The van der Waals surface area contributed by atoms with E-state index in [0.29, 0.717) is 13.2 Å². The Hall–Kier alpha value is -3.11. The quantitative estimate of drug-likeness (QED) is 0.735. The van der Waals surface area contributed by atoms with Crippen LogP contribution in [-0.4, -0.2) is 13.0 Å². The van der Waals surface area contributed by atoms with Gasteiger partial charge >= 0.3 is 0 Å². The summed E-state index contributed by atoms with van der Waals surface area (Å²) in [6.45, 7) is 1.07. The largest absolute Gasteiger partial charge is 0.457 e. The molecule has 4 rings (SSSR count). The van der Waals surface area contributed by atoms with Gasteiger partial charge in [-0.15, -0.1) is 0 Å². The Kier molecular flexibility index (Phi) is 4.90. The summed E-state index contributed by atoms with van der Waals surface area (Å²) in [7, 11) is 1.68. The smallest absolute Gasteiger partial charge is 0.232 e. The van der Waals surface area contributed by atoms with Gasteiger partial charge in [0, 0.05) is 24.8 Å². The third-order valence-electron chi connectivity index (χ3n) is 4.74. The van der Waals surface area contributed by atoms with Gasteiger partial charge in [0.2, 0.25) is 5.91 Å². The number of fused-ring (bicyclic) bond motifs is 2. The molecule has 0 unspecified atom stereocenters. The number of nitrogens with one attached hydrogen (secondary N) is 1. The van der Waals surface area contributed by atoms with Crippen molar-refractivity contribution in [2.75, 3.05) is 7.11 Å². The number of methoxy groups -OCH3 is 1. The Morgan fingerprint density at radius 1 is 0.889 bits per heavy atom. The Labute approximate surface area is 158 Å². The van der Waals surface area contributed by atoms with E-state index >= 15 is 0 Å². The standard InChI is InChI=1S/C23H21NO3/c1-26-15-17-12-10-16(11-13-17)14-24-23(25)22-18-6-2-4-8-20(18)27-21-9-5-3-7-19(21)22/h2-13,22H,14-15H2,1H3,(H,24,25). The van der Waals surface area contributed by atoms with Crippen molar-refractivity contribution in [1.29, 1.82) is 0 Å². The summed E-state index contributed by atoms with van der Waals surface area (Å²) in [6.07, 6.45) is 0. The molecule has 0 radical (unpaired) electrons. The number of hydrogen-bond donors (Lipinski definition) is 1. The van der Waals surface area contributed by atoms with Crippen LogP contribution >= 0.6 is 0 Å². The zero-order valence-electron chi connectivity index (χ0n) is 15.1. The van der Waals surface area contributed by atoms with Crippen LogP contribution in [0.25, 0.3) is 0 Å². The van der Waals surface area contributed by atoms with Crippen molar-refractivity contribution in [1.82, 2.24) is 5.32 Å². The molecule has 0 spiro atoms. The third kappa shape index (κ3) is 3.57. The van der Waals surface area contributed by atoms with E-state index in [2.05, 4.69) is 5.32 Å². The predicted octanol–water partition coefficient (Wildman–Crippen LogP) is 4.39. The molecule has 3 aromatic carbocycles. The van der Waals surface area contributed by atoms with Crippen molar-refractivity contribution < 1.29 is 14.3 Å². The predicted molar refractivity (Wildman–Crippen MR) is 104 cm³/mol. The number of hydrogen-bond acceptors (Lipinski definition) is 3. The Morgan fingerprint density at radius 2 is 1.44 bits per heavy atom. The molecule has 4 heteroatoms. The fraction of sp³-hybridized carbons (Fsp3) is 0.174. The molecule has 0 saturated carbocycles. The number of carbonyl (C=O) groups excluding carboxylic acids is 1. The average Bonchev–Trinajstić information content (AvgIpc) is 2.71. The average molecular weight is 359 g/mol. The second-order valence-electron chi connectivity index (χ2n) is 6.58. The minimum atomic E-state index is -0.376. The van der Waals surface area contributed by atoms with E-state index in [-0.39, 0.29) is 11.8 Å². The van der Waals surface area contributed by atoms with Crippen molar-refractivity contribution in [3.8, 4) is 11.5 Å². The molecule has 4 nitrogen and oxygen atoms in total. The normalized spacial score (nSPS) is 12.6. The molecule has 1 aliphatic rings. The highest BCUT2D eigenvalue weighted by Gasteiger charge is 2.32. The van der Waals surface area contributed by atoms with E-state index in [1.54, 1.807) is 7.11 Å². The summed E-state index contributed by atoms with van der Waals surface area (Å²) in [6, 6.07) is 23.5. The lowest BCUT2D eigenvalue weighted by Gasteiger charge is -2.27. The molecule has 1 amide bonds. The number of para-hydroxylation sites is 2. The van der Waals surface area contributed by atoms with Gasteiger partial charge in [-0.1, -0.05) is 60.7 Å². The van der Waals surface area contributed by atoms with Crippen molar-refractivity contribution >= 4 is 5.91 Å². The van der Waals surface area contributed by atoms with Gasteiger partial charge in [0.05, 0.1) is 12.5 Å². The zero-order valence-corrected chi connectivity index (χ0v) is 15.1. The molecule has 1 N–H and O–H groups in total. The van der Waals surface area contributed by atoms with E-state index in [9.17, 15) is 4.79 Å². The van der Waals surface area contributed by atoms with E-state index in [4.69, 9.17) is 9.47 Å². The zero-order chi connectivity index (χ0) is 18.6. The van der Waals surface area contributed by atoms with Crippen molar-refractivity contribution in [3.63, 3.8) is 0 Å². The summed E-state index contributed by atoms with van der Waals surface area (Å²) in [4.78, 5) is 13.1. The van der Waals surface area contributed by atoms with Gasteiger partial charge < -0.3 is 14.8 Å². The van der Waals surface area contributed by atoms with Crippen LogP contribution in [0.3, 0.4) is 0 Å². The first-order valence-corrected chi connectivity index (χ1v) is 8.96. The van der Waals surface area contributed by atoms with Gasteiger partial charge in [0.25, 0.3) is 0 Å². The van der Waals surface area contributed by atoms with E-state index < -0.39 is 0 Å². The lowest BCUT2D eigenvalue weighted by atomic mass is 9.87. The van der Waals surface area contributed by atoms with Crippen molar-refractivity contribution in [2.24, 2.45) is 0 Å². The molecule has 1 aliphatic heterocycles.